The lowest BCUT2D eigenvalue weighted by Gasteiger charge is -2.16. The van der Waals surface area contributed by atoms with Crippen molar-refractivity contribution >= 4 is 29.8 Å². The van der Waals surface area contributed by atoms with E-state index < -0.39 is 12.2 Å². The molecule has 1 saturated heterocycles. The van der Waals surface area contributed by atoms with E-state index in [0.717, 1.165) is 0 Å². The van der Waals surface area contributed by atoms with Crippen LogP contribution in [0.5, 0.6) is 23.0 Å². The molecule has 0 aromatic heterocycles. The summed E-state index contributed by atoms with van der Waals surface area (Å²) in [6.45, 7) is 0.642. The van der Waals surface area contributed by atoms with Gasteiger partial charge in [0.25, 0.3) is 0 Å². The van der Waals surface area contributed by atoms with Crippen molar-refractivity contribution in [3.05, 3.63) is 59.7 Å². The average Bonchev–Trinajstić information content (AvgIpc) is 3.29. The van der Waals surface area contributed by atoms with Crippen LogP contribution in [0.1, 0.15) is 24.0 Å². The molecule has 1 unspecified atom stereocenters. The quantitative estimate of drug-likeness (QED) is 0.413. The number of carbonyl (C=O) groups excluding carboxylic acids is 3. The highest BCUT2D eigenvalue weighted by atomic mass is 16.6. The zero-order valence-corrected chi connectivity index (χ0v) is 19.5. The normalized spacial score (nSPS) is 15.5. The minimum absolute atomic E-state index is 0.00875. The van der Waals surface area contributed by atoms with Crippen LogP contribution in [0.2, 0.25) is 0 Å². The molecule has 2 aromatic rings. The summed E-state index contributed by atoms with van der Waals surface area (Å²) in [5.74, 6) is 0.0309. The Bertz CT molecular complexity index is 1150. The van der Waals surface area contributed by atoms with Gasteiger partial charge in [0, 0.05) is 13.1 Å². The molecule has 0 saturated carbocycles. The molecular weight excluding hydrogens is 454 g/mol. The Kier molecular flexibility index (Phi) is 8.63. The second-order valence-electron chi connectivity index (χ2n) is 7.87. The van der Waals surface area contributed by atoms with Gasteiger partial charge in [-0.25, -0.2) is 4.79 Å². The lowest BCUT2D eigenvalue weighted by molar-refractivity contribution is -0.121. The molecule has 9 heteroatoms. The van der Waals surface area contributed by atoms with Crippen molar-refractivity contribution < 1.29 is 38.8 Å². The Labute approximate surface area is 202 Å². The number of hydrogen-bond donors (Lipinski definition) is 2. The van der Waals surface area contributed by atoms with Gasteiger partial charge in [0.15, 0.2) is 34.6 Å². The van der Waals surface area contributed by atoms with Crippen LogP contribution in [0, 0.1) is 0 Å². The Balaban J connectivity index is 1.57. The van der Waals surface area contributed by atoms with Gasteiger partial charge in [0.05, 0.1) is 26.7 Å². The number of allylic oxidation sites excluding steroid dienone is 2. The number of amides is 1. The number of ether oxygens (including phenoxy) is 3. The second-order valence-corrected chi connectivity index (χ2v) is 7.87. The van der Waals surface area contributed by atoms with E-state index in [0.29, 0.717) is 29.8 Å². The minimum atomic E-state index is -0.573. The number of likely N-dealkylation sites (tertiary alicyclic amines) is 1. The number of benzene rings is 2. The predicted molar refractivity (Wildman–Crippen MR) is 129 cm³/mol. The molecule has 3 rings (SSSR count). The van der Waals surface area contributed by atoms with Gasteiger partial charge in [-0.1, -0.05) is 24.3 Å². The van der Waals surface area contributed by atoms with Gasteiger partial charge in [-0.3, -0.25) is 9.59 Å². The number of hydrogen-bond acceptors (Lipinski definition) is 8. The smallest absolute Gasteiger partial charge is 0.415 e. The fourth-order valence-corrected chi connectivity index (χ4v) is 3.40. The molecule has 1 heterocycles. The van der Waals surface area contributed by atoms with Crippen LogP contribution in [-0.2, 0) is 9.59 Å². The topological polar surface area (TPSA) is 123 Å². The van der Waals surface area contributed by atoms with Gasteiger partial charge in [0.1, 0.15) is 0 Å². The maximum atomic E-state index is 12.2. The Morgan fingerprint density at radius 3 is 2.11 bits per heavy atom. The summed E-state index contributed by atoms with van der Waals surface area (Å²) in [6.07, 6.45) is 4.74. The highest BCUT2D eigenvalue weighted by molar-refractivity contribution is 6.10. The molecule has 2 aromatic carbocycles. The van der Waals surface area contributed by atoms with Crippen molar-refractivity contribution in [1.82, 2.24) is 4.90 Å². The van der Waals surface area contributed by atoms with Crippen LogP contribution in [0.25, 0.3) is 12.2 Å². The third kappa shape index (κ3) is 7.18. The summed E-state index contributed by atoms with van der Waals surface area (Å²) in [5, 5.41) is 19.2. The lowest BCUT2D eigenvalue weighted by Crippen LogP contribution is -2.32. The molecule has 1 atom stereocenters. The molecule has 35 heavy (non-hydrogen) atoms. The number of aliphatic hydroxyl groups excluding tert-OH is 1. The van der Waals surface area contributed by atoms with Crippen molar-refractivity contribution in [3.8, 4) is 23.0 Å². The fraction of sp³-hybridized carbons (Fsp3) is 0.269. The van der Waals surface area contributed by atoms with E-state index in [1.54, 1.807) is 30.3 Å². The third-order valence-corrected chi connectivity index (χ3v) is 5.28. The molecule has 0 aliphatic carbocycles. The number of ketones is 2. The van der Waals surface area contributed by atoms with Crippen molar-refractivity contribution in [2.24, 2.45) is 0 Å². The van der Waals surface area contributed by atoms with E-state index in [1.807, 2.05) is 0 Å². The van der Waals surface area contributed by atoms with Crippen LogP contribution in [0.15, 0.2) is 48.6 Å². The zero-order valence-electron chi connectivity index (χ0n) is 19.5. The number of methoxy groups -OCH3 is 2. The van der Waals surface area contributed by atoms with E-state index in [1.165, 1.54) is 49.5 Å². The van der Waals surface area contributed by atoms with Crippen LogP contribution >= 0.6 is 0 Å². The number of β-amino-alcohol motifs (C(OH)–C–C–N with tert-alkyl or cyclic N) is 1. The number of phenolic OH excluding ortho intramolecular Hbond substituents is 1. The molecule has 9 nitrogen and oxygen atoms in total. The van der Waals surface area contributed by atoms with Crippen molar-refractivity contribution in [1.29, 1.82) is 0 Å². The maximum Gasteiger partial charge on any atom is 0.415 e. The molecule has 1 aliphatic rings. The lowest BCUT2D eigenvalue weighted by atomic mass is 10.1. The predicted octanol–water partition coefficient (Wildman–Crippen LogP) is 3.23. The molecule has 1 aliphatic heterocycles. The molecule has 0 radical (unpaired) electrons. The van der Waals surface area contributed by atoms with Crippen LogP contribution < -0.4 is 14.2 Å². The summed E-state index contributed by atoms with van der Waals surface area (Å²) < 4.78 is 15.7. The molecular formula is C26H27NO8. The van der Waals surface area contributed by atoms with Gasteiger partial charge in [-0.2, -0.15) is 0 Å². The van der Waals surface area contributed by atoms with E-state index in [9.17, 15) is 24.6 Å². The Hall–Kier alpha value is -4.11. The summed E-state index contributed by atoms with van der Waals surface area (Å²) in [4.78, 5) is 38.0. The van der Waals surface area contributed by atoms with Gasteiger partial charge in [-0.15, -0.1) is 0 Å². The Morgan fingerprint density at radius 2 is 1.54 bits per heavy atom. The second kappa shape index (κ2) is 11.8. The van der Waals surface area contributed by atoms with Gasteiger partial charge in [0.2, 0.25) is 0 Å². The molecule has 2 N–H and O–H groups in total. The monoisotopic (exact) mass is 481 g/mol. The fourth-order valence-electron chi connectivity index (χ4n) is 3.40. The maximum absolute atomic E-state index is 12.2. The summed E-state index contributed by atoms with van der Waals surface area (Å²) in [7, 11) is 2.86. The summed E-state index contributed by atoms with van der Waals surface area (Å²) >= 11 is 0. The number of aromatic hydroxyl groups is 1. The minimum Gasteiger partial charge on any atom is -0.504 e. The largest absolute Gasteiger partial charge is 0.504 e. The SMILES string of the molecule is COc1cc(/C=C/C(=O)CC(=O)/C=C/c2ccc(OC(=O)N3CCC(O)C3)c(OC)c2)ccc1O. The standard InChI is InChI=1S/C26H27NO8/c1-33-24-13-17(5-9-22(24)31)3-7-19(28)15-20(29)8-4-18-6-10-23(25(14-18)34-2)35-26(32)27-12-11-21(30)16-27/h3-10,13-14,21,30-31H,11-12,15-16H2,1-2H3/b7-3+,8-4+. The zero-order chi connectivity index (χ0) is 25.4. The molecule has 184 valence electrons. The van der Waals surface area contributed by atoms with E-state index >= 15 is 0 Å². The number of carbonyl (C=O) groups is 3. The number of aliphatic hydroxyl groups is 1. The van der Waals surface area contributed by atoms with Crippen molar-refractivity contribution in [2.45, 2.75) is 18.9 Å². The van der Waals surface area contributed by atoms with Crippen molar-refractivity contribution in [3.63, 3.8) is 0 Å². The highest BCUT2D eigenvalue weighted by Crippen LogP contribution is 2.30. The first-order valence-corrected chi connectivity index (χ1v) is 10.9. The van der Waals surface area contributed by atoms with Gasteiger partial charge in [-0.05, 0) is 54.0 Å². The molecule has 1 fully saturated rings. The van der Waals surface area contributed by atoms with E-state index in [2.05, 4.69) is 0 Å². The first kappa shape index (κ1) is 25.5. The van der Waals surface area contributed by atoms with E-state index in [4.69, 9.17) is 14.2 Å². The number of phenols is 1. The summed E-state index contributed by atoms with van der Waals surface area (Å²) in [6, 6.07) is 9.44. The number of nitrogens with zero attached hydrogens (tertiary/aromatic N) is 1. The first-order valence-electron chi connectivity index (χ1n) is 10.9. The van der Waals surface area contributed by atoms with Crippen LogP contribution in [0.3, 0.4) is 0 Å². The highest BCUT2D eigenvalue weighted by Gasteiger charge is 2.26. The number of rotatable bonds is 9. The summed E-state index contributed by atoms with van der Waals surface area (Å²) in [5.41, 5.74) is 1.26. The van der Waals surface area contributed by atoms with E-state index in [-0.39, 0.29) is 41.8 Å². The van der Waals surface area contributed by atoms with Gasteiger partial charge < -0.3 is 29.3 Å². The molecule has 1 amide bonds. The average molecular weight is 482 g/mol. The first-order chi connectivity index (χ1) is 16.8. The third-order valence-electron chi connectivity index (χ3n) is 5.28. The molecule has 0 bridgehead atoms. The van der Waals surface area contributed by atoms with Crippen molar-refractivity contribution in [2.75, 3.05) is 27.3 Å². The van der Waals surface area contributed by atoms with Gasteiger partial charge >= 0.3 is 6.09 Å². The Morgan fingerprint density at radius 1 is 0.943 bits per heavy atom. The molecule has 0 spiro atoms. The van der Waals surface area contributed by atoms with Crippen LogP contribution in [0.4, 0.5) is 4.79 Å². The van der Waals surface area contributed by atoms with Crippen LogP contribution in [-0.4, -0.2) is 66.2 Å².